The highest BCUT2D eigenvalue weighted by atomic mass is 16.7. The molecule has 140 valence electrons. The van der Waals surface area contributed by atoms with E-state index in [0.29, 0.717) is 41.8 Å². The highest BCUT2D eigenvalue weighted by Gasteiger charge is 2.33. The lowest BCUT2D eigenvalue weighted by atomic mass is 9.94. The molecule has 9 heteroatoms. The van der Waals surface area contributed by atoms with Gasteiger partial charge in [0.1, 0.15) is 11.4 Å². The number of piperidine rings is 1. The van der Waals surface area contributed by atoms with Crippen molar-refractivity contribution >= 4 is 11.5 Å². The molecule has 1 unspecified atom stereocenters. The summed E-state index contributed by atoms with van der Waals surface area (Å²) in [5.41, 5.74) is 0.352. The second kappa shape index (κ2) is 6.07. The maximum atomic E-state index is 10.4. The van der Waals surface area contributed by atoms with E-state index in [1.165, 1.54) is 0 Å². The highest BCUT2D eigenvalue weighted by Crippen LogP contribution is 2.35. The molecule has 27 heavy (non-hydrogen) atoms. The third-order valence-corrected chi connectivity index (χ3v) is 5.05. The van der Waals surface area contributed by atoms with Gasteiger partial charge in [0.05, 0.1) is 13.2 Å². The number of benzene rings is 1. The SMILES string of the molecule is OCC1(O)CCCN(c2ccc3nnc(-c4ccc5c(c4)OCO5)n3n2)C1. The van der Waals surface area contributed by atoms with Crippen LogP contribution in [0.1, 0.15) is 12.8 Å². The fourth-order valence-electron chi connectivity index (χ4n) is 3.60. The van der Waals surface area contributed by atoms with Crippen LogP contribution in [0.2, 0.25) is 0 Å². The minimum absolute atomic E-state index is 0.213. The van der Waals surface area contributed by atoms with Crippen LogP contribution in [0, 0.1) is 0 Å². The summed E-state index contributed by atoms with van der Waals surface area (Å²) in [4.78, 5) is 1.97. The lowest BCUT2D eigenvalue weighted by Gasteiger charge is -2.38. The average molecular weight is 369 g/mol. The number of hydrogen-bond acceptors (Lipinski definition) is 8. The van der Waals surface area contributed by atoms with Crippen LogP contribution >= 0.6 is 0 Å². The predicted octanol–water partition coefficient (Wildman–Crippen LogP) is 0.844. The van der Waals surface area contributed by atoms with Crippen molar-refractivity contribution in [2.75, 3.05) is 31.4 Å². The highest BCUT2D eigenvalue weighted by molar-refractivity contribution is 5.64. The number of β-amino-alcohol motifs (C(OH)–C–C–N with tert-alkyl or cyclic N) is 1. The molecule has 9 nitrogen and oxygen atoms in total. The number of fused-ring (bicyclic) bond motifs is 2. The average Bonchev–Trinajstić information content (AvgIpc) is 3.33. The second-order valence-corrected chi connectivity index (χ2v) is 6.96. The van der Waals surface area contributed by atoms with Gasteiger partial charge in [0.2, 0.25) is 6.79 Å². The van der Waals surface area contributed by atoms with Gasteiger partial charge in [-0.15, -0.1) is 15.3 Å². The standard InChI is InChI=1S/C18H19N5O4/c24-10-18(25)6-1-7-22(9-18)16-5-4-15-19-20-17(23(15)21-16)12-2-3-13-14(8-12)27-11-26-13/h2-5,8,24-25H,1,6-7,9-11H2. The van der Waals surface area contributed by atoms with E-state index in [1.807, 2.05) is 35.2 Å². The number of anilines is 1. The molecule has 0 aliphatic carbocycles. The third-order valence-electron chi connectivity index (χ3n) is 5.05. The van der Waals surface area contributed by atoms with Crippen molar-refractivity contribution in [1.29, 1.82) is 0 Å². The Bertz CT molecular complexity index is 1010. The molecule has 0 saturated carbocycles. The summed E-state index contributed by atoms with van der Waals surface area (Å²) in [6, 6.07) is 9.30. The van der Waals surface area contributed by atoms with E-state index in [9.17, 15) is 10.2 Å². The molecule has 1 saturated heterocycles. The van der Waals surface area contributed by atoms with E-state index in [-0.39, 0.29) is 13.4 Å². The number of ether oxygens (including phenoxy) is 2. The first-order valence-corrected chi connectivity index (χ1v) is 8.86. The summed E-state index contributed by atoms with van der Waals surface area (Å²) < 4.78 is 12.5. The van der Waals surface area contributed by atoms with Gasteiger partial charge in [0.25, 0.3) is 0 Å². The third kappa shape index (κ3) is 2.75. The summed E-state index contributed by atoms with van der Waals surface area (Å²) in [6.07, 6.45) is 1.37. The number of hydrogen-bond donors (Lipinski definition) is 2. The van der Waals surface area contributed by atoms with Gasteiger partial charge in [0, 0.05) is 12.1 Å². The van der Waals surface area contributed by atoms with E-state index < -0.39 is 5.60 Å². The molecule has 0 bridgehead atoms. The van der Waals surface area contributed by atoms with Gasteiger partial charge >= 0.3 is 0 Å². The van der Waals surface area contributed by atoms with Gasteiger partial charge in [-0.25, -0.2) is 0 Å². The molecule has 0 radical (unpaired) electrons. The first-order chi connectivity index (χ1) is 13.1. The molecule has 1 aromatic carbocycles. The monoisotopic (exact) mass is 369 g/mol. The Labute approximate surface area is 154 Å². The fraction of sp³-hybridized carbons (Fsp3) is 0.389. The Kier molecular flexibility index (Phi) is 3.66. The van der Waals surface area contributed by atoms with Crippen LogP contribution in [-0.4, -0.2) is 62.1 Å². The van der Waals surface area contributed by atoms with Crippen LogP contribution in [0.15, 0.2) is 30.3 Å². The number of aliphatic hydroxyl groups is 2. The number of aliphatic hydroxyl groups excluding tert-OH is 1. The van der Waals surface area contributed by atoms with E-state index in [1.54, 1.807) is 4.52 Å². The van der Waals surface area contributed by atoms with Gasteiger partial charge in [-0.3, -0.25) is 0 Å². The van der Waals surface area contributed by atoms with Crippen molar-refractivity contribution in [2.45, 2.75) is 18.4 Å². The molecule has 1 fully saturated rings. The van der Waals surface area contributed by atoms with Gasteiger partial charge in [-0.05, 0) is 43.2 Å². The molecule has 1 atom stereocenters. The molecule has 2 aliphatic rings. The first kappa shape index (κ1) is 16.3. The Morgan fingerprint density at radius 3 is 2.89 bits per heavy atom. The Hall–Kier alpha value is -2.91. The van der Waals surface area contributed by atoms with Crippen LogP contribution in [0.3, 0.4) is 0 Å². The summed E-state index contributed by atoms with van der Waals surface area (Å²) >= 11 is 0. The van der Waals surface area contributed by atoms with Crippen molar-refractivity contribution in [1.82, 2.24) is 19.8 Å². The van der Waals surface area contributed by atoms with Gasteiger partial charge in [-0.1, -0.05) is 0 Å². The van der Waals surface area contributed by atoms with Crippen LogP contribution in [0.5, 0.6) is 11.5 Å². The van der Waals surface area contributed by atoms with Gasteiger partial charge in [0.15, 0.2) is 23.0 Å². The van der Waals surface area contributed by atoms with Crippen molar-refractivity contribution in [2.24, 2.45) is 0 Å². The minimum Gasteiger partial charge on any atom is -0.454 e. The van der Waals surface area contributed by atoms with E-state index in [0.717, 1.165) is 18.5 Å². The number of nitrogens with zero attached hydrogens (tertiary/aromatic N) is 5. The molecule has 0 spiro atoms. The van der Waals surface area contributed by atoms with Crippen LogP contribution in [0.25, 0.3) is 17.0 Å². The molecule has 3 aromatic rings. The lowest BCUT2D eigenvalue weighted by Crippen LogP contribution is -2.50. The zero-order chi connectivity index (χ0) is 18.4. The second-order valence-electron chi connectivity index (χ2n) is 6.96. The molecule has 0 amide bonds. The molecule has 4 heterocycles. The predicted molar refractivity (Wildman–Crippen MR) is 95.8 cm³/mol. The summed E-state index contributed by atoms with van der Waals surface area (Å²) in [5, 5.41) is 33.0. The largest absolute Gasteiger partial charge is 0.454 e. The number of aromatic nitrogens is 4. The van der Waals surface area contributed by atoms with Crippen molar-refractivity contribution in [3.8, 4) is 22.9 Å². The zero-order valence-electron chi connectivity index (χ0n) is 14.6. The molecular weight excluding hydrogens is 350 g/mol. The van der Waals surface area contributed by atoms with Gasteiger partial charge in [-0.2, -0.15) is 4.52 Å². The maximum absolute atomic E-state index is 10.4. The summed E-state index contributed by atoms with van der Waals surface area (Å²) in [7, 11) is 0. The molecular formula is C18H19N5O4. The van der Waals surface area contributed by atoms with E-state index in [2.05, 4.69) is 15.3 Å². The van der Waals surface area contributed by atoms with Crippen molar-refractivity contribution in [3.63, 3.8) is 0 Å². The first-order valence-electron chi connectivity index (χ1n) is 8.86. The minimum atomic E-state index is -1.10. The number of rotatable bonds is 3. The topological polar surface area (TPSA) is 105 Å². The maximum Gasteiger partial charge on any atom is 0.231 e. The lowest BCUT2D eigenvalue weighted by molar-refractivity contribution is -0.0242. The molecule has 2 aliphatic heterocycles. The molecule has 2 N–H and O–H groups in total. The van der Waals surface area contributed by atoms with Gasteiger partial charge < -0.3 is 24.6 Å². The van der Waals surface area contributed by atoms with Crippen molar-refractivity contribution < 1.29 is 19.7 Å². The van der Waals surface area contributed by atoms with Crippen LogP contribution < -0.4 is 14.4 Å². The Morgan fingerprint density at radius 1 is 1.11 bits per heavy atom. The fourth-order valence-corrected chi connectivity index (χ4v) is 3.60. The van der Waals surface area contributed by atoms with E-state index in [4.69, 9.17) is 9.47 Å². The molecule has 2 aromatic heterocycles. The van der Waals surface area contributed by atoms with Crippen LogP contribution in [-0.2, 0) is 0 Å². The summed E-state index contributed by atoms with van der Waals surface area (Å²) in [5.74, 6) is 2.68. The Morgan fingerprint density at radius 2 is 2.00 bits per heavy atom. The molecule has 5 rings (SSSR count). The smallest absolute Gasteiger partial charge is 0.231 e. The Balaban J connectivity index is 1.53. The van der Waals surface area contributed by atoms with Crippen LogP contribution in [0.4, 0.5) is 5.82 Å². The summed E-state index contributed by atoms with van der Waals surface area (Å²) in [6.45, 7) is 1.05. The zero-order valence-corrected chi connectivity index (χ0v) is 14.6. The normalized spacial score (nSPS) is 21.8. The van der Waals surface area contributed by atoms with Crippen molar-refractivity contribution in [3.05, 3.63) is 30.3 Å². The van der Waals surface area contributed by atoms with E-state index >= 15 is 0 Å². The quantitative estimate of drug-likeness (QED) is 0.700.